The van der Waals surface area contributed by atoms with Gasteiger partial charge in [-0.15, -0.1) is 0 Å². The molecule has 0 atom stereocenters. The van der Waals surface area contributed by atoms with Crippen molar-refractivity contribution in [3.63, 3.8) is 0 Å². The maximum absolute atomic E-state index is 11.8. The van der Waals surface area contributed by atoms with Gasteiger partial charge < -0.3 is 15.0 Å². The van der Waals surface area contributed by atoms with Gasteiger partial charge in [0.1, 0.15) is 4.32 Å². The van der Waals surface area contributed by atoms with Gasteiger partial charge in [-0.25, -0.2) is 0 Å². The van der Waals surface area contributed by atoms with Crippen molar-refractivity contribution in [3.05, 3.63) is 29.8 Å². The molecule has 0 aliphatic carbocycles. The summed E-state index contributed by atoms with van der Waals surface area (Å²) in [4.78, 5) is 36.8. The Morgan fingerprint density at radius 2 is 1.84 bits per heavy atom. The van der Waals surface area contributed by atoms with Crippen LogP contribution in [-0.2, 0) is 14.3 Å². The monoisotopic (exact) mass is 380 g/mol. The van der Waals surface area contributed by atoms with E-state index >= 15 is 0 Å². The first-order chi connectivity index (χ1) is 12.0. The average molecular weight is 380 g/mol. The Labute approximate surface area is 156 Å². The van der Waals surface area contributed by atoms with E-state index in [1.165, 1.54) is 18.7 Å². The van der Waals surface area contributed by atoms with E-state index in [1.807, 2.05) is 0 Å². The summed E-state index contributed by atoms with van der Waals surface area (Å²) < 4.78 is 5.65. The molecule has 1 heterocycles. The molecule has 0 radical (unpaired) electrons. The molecule has 25 heavy (non-hydrogen) atoms. The van der Waals surface area contributed by atoms with Gasteiger partial charge in [0.25, 0.3) is 5.91 Å². The third-order valence-corrected chi connectivity index (χ3v) is 5.11. The van der Waals surface area contributed by atoms with Crippen molar-refractivity contribution in [1.29, 1.82) is 0 Å². The molecule has 1 N–H and O–H groups in total. The topological polar surface area (TPSA) is 75.7 Å². The van der Waals surface area contributed by atoms with Gasteiger partial charge >= 0.3 is 5.97 Å². The maximum Gasteiger partial charge on any atom is 0.316 e. The summed E-state index contributed by atoms with van der Waals surface area (Å²) in [5, 5.41) is 2.60. The number of nitrogens with one attached hydrogen (secondary N) is 1. The molecule has 0 saturated carbocycles. The fourth-order valence-corrected chi connectivity index (χ4v) is 3.33. The van der Waals surface area contributed by atoms with E-state index < -0.39 is 11.9 Å². The highest BCUT2D eigenvalue weighted by molar-refractivity contribution is 8.23. The SMILES string of the molecule is CC(=O)c1ccc(NC(=O)COC(=O)CSC(=S)N2CCCC2)cc1. The number of amides is 1. The van der Waals surface area contributed by atoms with Gasteiger partial charge in [0.2, 0.25) is 0 Å². The molecule has 0 bridgehead atoms. The van der Waals surface area contributed by atoms with Crippen LogP contribution in [-0.4, -0.2) is 52.3 Å². The van der Waals surface area contributed by atoms with E-state index in [9.17, 15) is 14.4 Å². The lowest BCUT2D eigenvalue weighted by Crippen LogP contribution is -2.25. The second-order valence-electron chi connectivity index (χ2n) is 5.59. The normalized spacial score (nSPS) is 13.4. The number of likely N-dealkylation sites (tertiary alicyclic amines) is 1. The van der Waals surface area contributed by atoms with Crippen LogP contribution in [0.1, 0.15) is 30.1 Å². The minimum atomic E-state index is -0.478. The molecule has 1 amide bonds. The molecule has 8 heteroatoms. The lowest BCUT2D eigenvalue weighted by Gasteiger charge is -2.17. The molecular weight excluding hydrogens is 360 g/mol. The smallest absolute Gasteiger partial charge is 0.316 e. The van der Waals surface area contributed by atoms with Gasteiger partial charge in [-0.05, 0) is 44.0 Å². The number of Topliss-reactive ketones (excluding diaryl/α,β-unsaturated/α-hetero) is 1. The molecule has 1 fully saturated rings. The van der Waals surface area contributed by atoms with Gasteiger partial charge in [-0.2, -0.15) is 0 Å². The Hall–Kier alpha value is -1.93. The lowest BCUT2D eigenvalue weighted by molar-refractivity contribution is -0.144. The van der Waals surface area contributed by atoms with Crippen molar-refractivity contribution >= 4 is 51.6 Å². The number of benzene rings is 1. The molecule has 1 aromatic rings. The van der Waals surface area contributed by atoms with Gasteiger partial charge in [-0.1, -0.05) is 24.0 Å². The van der Waals surface area contributed by atoms with Gasteiger partial charge in [0, 0.05) is 24.3 Å². The van der Waals surface area contributed by atoms with Gasteiger partial charge in [0.15, 0.2) is 12.4 Å². The largest absolute Gasteiger partial charge is 0.455 e. The summed E-state index contributed by atoms with van der Waals surface area (Å²) in [6.45, 7) is 2.99. The van der Waals surface area contributed by atoms with Crippen molar-refractivity contribution in [2.24, 2.45) is 0 Å². The molecule has 1 aromatic carbocycles. The highest BCUT2D eigenvalue weighted by Crippen LogP contribution is 2.16. The lowest BCUT2D eigenvalue weighted by atomic mass is 10.1. The zero-order valence-corrected chi connectivity index (χ0v) is 15.6. The molecule has 0 aromatic heterocycles. The number of thiocarbonyl (C=S) groups is 1. The number of rotatable bonds is 6. The van der Waals surface area contributed by atoms with E-state index in [1.54, 1.807) is 24.3 Å². The Bertz CT molecular complexity index is 655. The van der Waals surface area contributed by atoms with Crippen LogP contribution < -0.4 is 5.32 Å². The number of esters is 1. The minimum Gasteiger partial charge on any atom is -0.455 e. The predicted octanol–water partition coefficient (Wildman–Crippen LogP) is 2.48. The van der Waals surface area contributed by atoms with Crippen LogP contribution >= 0.6 is 24.0 Å². The summed E-state index contributed by atoms with van der Waals surface area (Å²) in [6, 6.07) is 6.50. The number of thioether (sulfide) groups is 1. The highest BCUT2D eigenvalue weighted by atomic mass is 32.2. The molecule has 0 spiro atoms. The molecule has 1 aliphatic rings. The first kappa shape index (κ1) is 19.4. The highest BCUT2D eigenvalue weighted by Gasteiger charge is 2.17. The van der Waals surface area contributed by atoms with Crippen molar-refractivity contribution in [2.75, 3.05) is 30.8 Å². The number of ether oxygens (including phenoxy) is 1. The number of hydrogen-bond acceptors (Lipinski definition) is 6. The summed E-state index contributed by atoms with van der Waals surface area (Å²) in [5.41, 5.74) is 1.10. The Balaban J connectivity index is 1.67. The van der Waals surface area contributed by atoms with E-state index in [4.69, 9.17) is 17.0 Å². The van der Waals surface area contributed by atoms with Crippen molar-refractivity contribution < 1.29 is 19.1 Å². The molecule has 134 valence electrons. The first-order valence-electron chi connectivity index (χ1n) is 7.94. The van der Waals surface area contributed by atoms with Gasteiger partial charge in [0.05, 0.1) is 5.75 Å². The van der Waals surface area contributed by atoms with Crippen molar-refractivity contribution in [1.82, 2.24) is 4.90 Å². The van der Waals surface area contributed by atoms with Crippen LogP contribution in [0.25, 0.3) is 0 Å². The second-order valence-corrected chi connectivity index (χ2v) is 7.20. The second kappa shape index (κ2) is 9.53. The minimum absolute atomic E-state index is 0.0452. The summed E-state index contributed by atoms with van der Waals surface area (Å²) in [6.07, 6.45) is 2.25. The van der Waals surface area contributed by atoms with Crippen LogP contribution in [0.3, 0.4) is 0 Å². The van der Waals surface area contributed by atoms with E-state index in [0.717, 1.165) is 25.9 Å². The van der Waals surface area contributed by atoms with Crippen molar-refractivity contribution in [2.45, 2.75) is 19.8 Å². The zero-order chi connectivity index (χ0) is 18.2. The molecular formula is C17H20N2O4S2. The molecule has 0 unspecified atom stereocenters. The zero-order valence-electron chi connectivity index (χ0n) is 13.9. The third-order valence-electron chi connectivity index (χ3n) is 3.62. The fraction of sp³-hybridized carbons (Fsp3) is 0.412. The van der Waals surface area contributed by atoms with Crippen LogP contribution in [0.15, 0.2) is 24.3 Å². The Morgan fingerprint density at radius 3 is 2.44 bits per heavy atom. The quantitative estimate of drug-likeness (QED) is 0.462. The summed E-state index contributed by atoms with van der Waals surface area (Å²) >= 11 is 6.52. The number of carbonyl (C=O) groups is 3. The van der Waals surface area contributed by atoms with E-state index in [0.29, 0.717) is 15.6 Å². The Morgan fingerprint density at radius 1 is 1.20 bits per heavy atom. The van der Waals surface area contributed by atoms with E-state index in [2.05, 4.69) is 10.2 Å². The Kier molecular flexibility index (Phi) is 7.39. The molecule has 6 nitrogen and oxygen atoms in total. The standard InChI is InChI=1S/C17H20N2O4S2/c1-12(20)13-4-6-14(7-5-13)18-15(21)10-23-16(22)11-25-17(24)19-8-2-3-9-19/h4-7H,2-3,8-11H2,1H3,(H,18,21). The maximum atomic E-state index is 11.8. The van der Waals surface area contributed by atoms with Crippen LogP contribution in [0.2, 0.25) is 0 Å². The number of carbonyl (C=O) groups excluding carboxylic acids is 3. The third kappa shape index (κ3) is 6.47. The van der Waals surface area contributed by atoms with Crippen molar-refractivity contribution in [3.8, 4) is 0 Å². The van der Waals surface area contributed by atoms with Gasteiger partial charge in [-0.3, -0.25) is 14.4 Å². The molecule has 1 aliphatic heterocycles. The van der Waals surface area contributed by atoms with Crippen LogP contribution in [0.4, 0.5) is 5.69 Å². The van der Waals surface area contributed by atoms with Crippen LogP contribution in [0, 0.1) is 0 Å². The summed E-state index contributed by atoms with van der Waals surface area (Å²) in [7, 11) is 0. The predicted molar refractivity (Wildman–Crippen MR) is 102 cm³/mol. The number of hydrogen-bond donors (Lipinski definition) is 1. The molecule has 1 saturated heterocycles. The fourth-order valence-electron chi connectivity index (χ4n) is 2.28. The van der Waals surface area contributed by atoms with Crippen LogP contribution in [0.5, 0.6) is 0 Å². The number of nitrogens with zero attached hydrogens (tertiary/aromatic N) is 1. The molecule has 2 rings (SSSR count). The first-order valence-corrected chi connectivity index (χ1v) is 9.33. The van der Waals surface area contributed by atoms with E-state index in [-0.39, 0.29) is 18.1 Å². The number of anilines is 1. The number of ketones is 1. The summed E-state index contributed by atoms with van der Waals surface area (Å²) in [5.74, 6) is -0.864. The average Bonchev–Trinajstić information content (AvgIpc) is 3.13.